The van der Waals surface area contributed by atoms with Crippen LogP contribution in [0.15, 0.2) is 18.3 Å². The molecule has 0 spiro atoms. The standard InChI is InChI=1S/C15H22N2O4/c1-20-11-10-16-8-5-7-12(16)14(18)17-9-4-3-6-13(17)15(19)21-2/h5,7-8,13H,3-4,6,9-11H2,1-2H3. The fourth-order valence-electron chi connectivity index (χ4n) is 2.70. The van der Waals surface area contributed by atoms with Gasteiger partial charge in [0.2, 0.25) is 0 Å². The van der Waals surface area contributed by atoms with Crippen molar-refractivity contribution in [1.82, 2.24) is 9.47 Å². The smallest absolute Gasteiger partial charge is 0.328 e. The zero-order valence-electron chi connectivity index (χ0n) is 12.6. The Balaban J connectivity index is 2.17. The minimum absolute atomic E-state index is 0.119. The Hall–Kier alpha value is -1.82. The number of carbonyl (C=O) groups excluding carboxylic acids is 2. The number of aromatic nitrogens is 1. The molecule has 2 rings (SSSR count). The highest BCUT2D eigenvalue weighted by Crippen LogP contribution is 2.21. The molecule has 0 bridgehead atoms. The number of esters is 1. The van der Waals surface area contributed by atoms with Crippen molar-refractivity contribution in [2.45, 2.75) is 31.8 Å². The molecule has 1 aromatic heterocycles. The molecule has 0 aromatic carbocycles. The number of rotatable bonds is 5. The average molecular weight is 294 g/mol. The lowest BCUT2D eigenvalue weighted by Gasteiger charge is -2.33. The monoisotopic (exact) mass is 294 g/mol. The van der Waals surface area contributed by atoms with Crippen molar-refractivity contribution in [3.63, 3.8) is 0 Å². The average Bonchev–Trinajstić information content (AvgIpc) is 2.99. The third-order valence-corrected chi connectivity index (χ3v) is 3.82. The topological polar surface area (TPSA) is 60.8 Å². The third-order valence-electron chi connectivity index (χ3n) is 3.82. The second kappa shape index (κ2) is 7.26. The lowest BCUT2D eigenvalue weighted by molar-refractivity contribution is -0.147. The predicted molar refractivity (Wildman–Crippen MR) is 77.0 cm³/mol. The van der Waals surface area contributed by atoms with Crippen LogP contribution in [0.3, 0.4) is 0 Å². The number of likely N-dealkylation sites (tertiary alicyclic amines) is 1. The minimum Gasteiger partial charge on any atom is -0.467 e. The summed E-state index contributed by atoms with van der Waals surface area (Å²) in [4.78, 5) is 26.2. The van der Waals surface area contributed by atoms with Crippen LogP contribution in [0.4, 0.5) is 0 Å². The summed E-state index contributed by atoms with van der Waals surface area (Å²) in [5.74, 6) is -0.454. The van der Waals surface area contributed by atoms with Gasteiger partial charge in [0.1, 0.15) is 11.7 Å². The highest BCUT2D eigenvalue weighted by Gasteiger charge is 2.34. The van der Waals surface area contributed by atoms with Gasteiger partial charge in [0, 0.05) is 26.4 Å². The third kappa shape index (κ3) is 3.44. The van der Waals surface area contributed by atoms with Crippen molar-refractivity contribution < 1.29 is 19.1 Å². The van der Waals surface area contributed by atoms with Crippen LogP contribution in [0, 0.1) is 0 Å². The van der Waals surface area contributed by atoms with Gasteiger partial charge in [0.15, 0.2) is 0 Å². The van der Waals surface area contributed by atoms with Gasteiger partial charge < -0.3 is 18.9 Å². The molecule has 21 heavy (non-hydrogen) atoms. The van der Waals surface area contributed by atoms with Gasteiger partial charge in [-0.3, -0.25) is 4.79 Å². The number of nitrogens with zero attached hydrogens (tertiary/aromatic N) is 2. The van der Waals surface area contributed by atoms with Crippen LogP contribution >= 0.6 is 0 Å². The molecule has 1 aliphatic heterocycles. The summed E-state index contributed by atoms with van der Waals surface area (Å²) in [6, 6.07) is 3.14. The van der Waals surface area contributed by atoms with E-state index in [2.05, 4.69) is 0 Å². The van der Waals surface area contributed by atoms with E-state index in [0.717, 1.165) is 12.8 Å². The largest absolute Gasteiger partial charge is 0.467 e. The summed E-state index contributed by atoms with van der Waals surface area (Å²) in [6.07, 6.45) is 4.37. The summed E-state index contributed by atoms with van der Waals surface area (Å²) >= 11 is 0. The maximum absolute atomic E-state index is 12.7. The number of methoxy groups -OCH3 is 2. The van der Waals surface area contributed by atoms with Crippen LogP contribution < -0.4 is 0 Å². The number of carbonyl (C=O) groups is 2. The number of ether oxygens (including phenoxy) is 2. The van der Waals surface area contributed by atoms with Crippen molar-refractivity contribution in [2.75, 3.05) is 27.4 Å². The summed E-state index contributed by atoms with van der Waals surface area (Å²) in [6.45, 7) is 1.74. The van der Waals surface area contributed by atoms with Crippen molar-refractivity contribution in [3.05, 3.63) is 24.0 Å². The normalized spacial score (nSPS) is 18.6. The van der Waals surface area contributed by atoms with E-state index in [1.165, 1.54) is 7.11 Å². The van der Waals surface area contributed by atoms with E-state index in [1.807, 2.05) is 16.8 Å². The molecule has 1 saturated heterocycles. The molecule has 0 N–H and O–H groups in total. The van der Waals surface area contributed by atoms with E-state index in [0.29, 0.717) is 31.8 Å². The first-order valence-electron chi connectivity index (χ1n) is 7.22. The van der Waals surface area contributed by atoms with Gasteiger partial charge in [0.05, 0.1) is 13.7 Å². The van der Waals surface area contributed by atoms with Gasteiger partial charge in [-0.2, -0.15) is 0 Å². The summed E-state index contributed by atoms with van der Waals surface area (Å²) < 4.78 is 11.7. The van der Waals surface area contributed by atoms with Crippen molar-refractivity contribution in [3.8, 4) is 0 Å². The Labute approximate surface area is 124 Å². The summed E-state index contributed by atoms with van der Waals surface area (Å²) in [7, 11) is 2.99. The van der Waals surface area contributed by atoms with Crippen LogP contribution in [0.2, 0.25) is 0 Å². The Morgan fingerprint density at radius 3 is 2.86 bits per heavy atom. The summed E-state index contributed by atoms with van der Waals surface area (Å²) in [5.41, 5.74) is 0.586. The highest BCUT2D eigenvalue weighted by atomic mass is 16.5. The fourth-order valence-corrected chi connectivity index (χ4v) is 2.70. The molecular weight excluding hydrogens is 272 g/mol. The Bertz CT molecular complexity index is 498. The first-order valence-corrected chi connectivity index (χ1v) is 7.22. The molecule has 0 saturated carbocycles. The Kier molecular flexibility index (Phi) is 5.38. The van der Waals surface area contributed by atoms with Crippen LogP contribution in [0.25, 0.3) is 0 Å². The second-order valence-corrected chi connectivity index (χ2v) is 5.11. The van der Waals surface area contributed by atoms with E-state index in [9.17, 15) is 9.59 Å². The molecule has 1 amide bonds. The van der Waals surface area contributed by atoms with Crippen molar-refractivity contribution in [1.29, 1.82) is 0 Å². The maximum atomic E-state index is 12.7. The van der Waals surface area contributed by atoms with Gasteiger partial charge in [-0.15, -0.1) is 0 Å². The van der Waals surface area contributed by atoms with Crippen LogP contribution in [-0.2, 0) is 20.8 Å². The lowest BCUT2D eigenvalue weighted by Crippen LogP contribution is -2.48. The van der Waals surface area contributed by atoms with E-state index in [1.54, 1.807) is 18.1 Å². The van der Waals surface area contributed by atoms with E-state index in [-0.39, 0.29) is 11.9 Å². The van der Waals surface area contributed by atoms with E-state index in [4.69, 9.17) is 9.47 Å². The van der Waals surface area contributed by atoms with Gasteiger partial charge in [-0.05, 0) is 31.4 Å². The van der Waals surface area contributed by atoms with Crippen molar-refractivity contribution in [2.24, 2.45) is 0 Å². The van der Waals surface area contributed by atoms with E-state index < -0.39 is 6.04 Å². The number of hydrogen-bond donors (Lipinski definition) is 0. The van der Waals surface area contributed by atoms with Gasteiger partial charge in [-0.1, -0.05) is 0 Å². The first-order chi connectivity index (χ1) is 10.2. The molecule has 0 aliphatic carbocycles. The zero-order valence-corrected chi connectivity index (χ0v) is 12.6. The lowest BCUT2D eigenvalue weighted by atomic mass is 10.0. The SMILES string of the molecule is COCCn1cccc1C(=O)N1CCCCC1C(=O)OC. The molecule has 2 heterocycles. The zero-order chi connectivity index (χ0) is 15.2. The van der Waals surface area contributed by atoms with Gasteiger partial charge >= 0.3 is 5.97 Å². The second-order valence-electron chi connectivity index (χ2n) is 5.11. The molecule has 1 unspecified atom stereocenters. The maximum Gasteiger partial charge on any atom is 0.328 e. The molecule has 0 radical (unpaired) electrons. The van der Waals surface area contributed by atoms with Crippen LogP contribution in [0.5, 0.6) is 0 Å². The Morgan fingerprint density at radius 2 is 2.14 bits per heavy atom. The van der Waals surface area contributed by atoms with E-state index >= 15 is 0 Å². The van der Waals surface area contributed by atoms with Crippen LogP contribution in [-0.4, -0.2) is 54.8 Å². The number of piperidine rings is 1. The molecule has 1 aliphatic rings. The molecule has 1 aromatic rings. The van der Waals surface area contributed by atoms with Crippen LogP contribution in [0.1, 0.15) is 29.8 Å². The molecule has 1 atom stereocenters. The molecule has 1 fully saturated rings. The number of amides is 1. The van der Waals surface area contributed by atoms with Crippen molar-refractivity contribution >= 4 is 11.9 Å². The molecule has 6 heteroatoms. The quantitative estimate of drug-likeness (QED) is 0.768. The molecular formula is C15H22N2O4. The highest BCUT2D eigenvalue weighted by molar-refractivity contribution is 5.95. The fraction of sp³-hybridized carbons (Fsp3) is 0.600. The first kappa shape index (κ1) is 15.6. The minimum atomic E-state index is -0.470. The molecule has 116 valence electrons. The van der Waals surface area contributed by atoms with Gasteiger partial charge in [-0.25, -0.2) is 4.79 Å². The predicted octanol–water partition coefficient (Wildman–Crippen LogP) is 1.30. The van der Waals surface area contributed by atoms with Gasteiger partial charge in [0.25, 0.3) is 5.91 Å². The summed E-state index contributed by atoms with van der Waals surface area (Å²) in [5, 5.41) is 0. The Morgan fingerprint density at radius 1 is 1.33 bits per heavy atom. The number of hydrogen-bond acceptors (Lipinski definition) is 4. The molecule has 6 nitrogen and oxygen atoms in total.